The van der Waals surface area contributed by atoms with Crippen LogP contribution in [-0.2, 0) is 24.9 Å². The molecule has 48 heavy (non-hydrogen) atoms. The molecule has 0 spiro atoms. The molecular weight excluding hydrogens is 635 g/mol. The summed E-state index contributed by atoms with van der Waals surface area (Å²) in [4.78, 5) is 28.0. The average Bonchev–Trinajstić information content (AvgIpc) is 3.84. The van der Waals surface area contributed by atoms with Crippen LogP contribution in [0.15, 0.2) is 84.1 Å². The second-order valence-electron chi connectivity index (χ2n) is 11.2. The van der Waals surface area contributed by atoms with Crippen LogP contribution in [-0.4, -0.2) is 61.0 Å². The molecule has 242 valence electrons. The minimum atomic E-state index is -0.818. The molecule has 0 saturated heterocycles. The van der Waals surface area contributed by atoms with E-state index in [4.69, 9.17) is 20.6 Å². The maximum atomic E-state index is 16.2. The first-order chi connectivity index (χ1) is 23.3. The highest BCUT2D eigenvalue weighted by atomic mass is 32.1. The number of ether oxygens (including phenoxy) is 1. The Morgan fingerprint density at radius 3 is 2.79 bits per heavy atom. The number of nitrogens with zero attached hydrogens (tertiary/aromatic N) is 7. The molecule has 10 nitrogen and oxygen atoms in total. The molecule has 0 saturated carbocycles. The van der Waals surface area contributed by atoms with E-state index in [-0.39, 0.29) is 23.8 Å². The van der Waals surface area contributed by atoms with Gasteiger partial charge < -0.3 is 19.9 Å². The number of carbonyl (C=O) groups excluding carboxylic acids is 1. The minimum absolute atomic E-state index is 0.0220. The smallest absolute Gasteiger partial charge is 0.246 e. The molecule has 2 aromatic carbocycles. The number of thiophene rings is 1. The molecule has 13 heteroatoms. The van der Waals surface area contributed by atoms with Gasteiger partial charge >= 0.3 is 0 Å². The summed E-state index contributed by atoms with van der Waals surface area (Å²) in [6.45, 7) is 4.78. The van der Waals surface area contributed by atoms with Crippen molar-refractivity contribution in [2.24, 2.45) is 17.8 Å². The Morgan fingerprint density at radius 2 is 2.00 bits per heavy atom. The predicted octanol–water partition coefficient (Wildman–Crippen LogP) is 6.11. The third kappa shape index (κ3) is 5.41. The van der Waals surface area contributed by atoms with Crippen molar-refractivity contribution in [3.8, 4) is 39.5 Å². The van der Waals surface area contributed by atoms with Gasteiger partial charge in [0.25, 0.3) is 0 Å². The molecule has 0 fully saturated rings. The molecule has 4 aromatic heterocycles. The molecule has 1 aliphatic rings. The van der Waals surface area contributed by atoms with E-state index in [9.17, 15) is 9.18 Å². The second kappa shape index (κ2) is 12.5. The van der Waals surface area contributed by atoms with Crippen LogP contribution < -0.4 is 10.5 Å². The molecule has 2 N–H and O–H groups in total. The summed E-state index contributed by atoms with van der Waals surface area (Å²) in [5.41, 5.74) is 11.4. The fourth-order valence-corrected chi connectivity index (χ4v) is 6.95. The van der Waals surface area contributed by atoms with Crippen molar-refractivity contribution < 1.29 is 18.3 Å². The molecule has 6 aromatic rings. The van der Waals surface area contributed by atoms with E-state index in [1.54, 1.807) is 24.4 Å². The van der Waals surface area contributed by atoms with Crippen LogP contribution in [0.5, 0.6) is 5.75 Å². The Labute approximate surface area is 278 Å². The van der Waals surface area contributed by atoms with Crippen LogP contribution in [0.2, 0.25) is 0 Å². The summed E-state index contributed by atoms with van der Waals surface area (Å²) in [5.74, 6) is -1.81. The summed E-state index contributed by atoms with van der Waals surface area (Å²) >= 11 is 1.41. The van der Waals surface area contributed by atoms with Crippen molar-refractivity contribution in [3.05, 3.63) is 96.4 Å². The normalized spacial score (nSPS) is 13.5. The number of imidazole rings is 1. The van der Waals surface area contributed by atoms with Crippen molar-refractivity contribution >= 4 is 44.1 Å². The lowest BCUT2D eigenvalue weighted by Gasteiger charge is -2.26. The molecular formula is C35H30F2N8O2S. The van der Waals surface area contributed by atoms with Gasteiger partial charge in [0, 0.05) is 54.0 Å². The van der Waals surface area contributed by atoms with Gasteiger partial charge in [-0.05, 0) is 48.0 Å². The lowest BCUT2D eigenvalue weighted by molar-refractivity contribution is -0.127. The number of halogens is 2. The number of amides is 1. The second-order valence-corrected chi connectivity index (χ2v) is 12.2. The predicted molar refractivity (Wildman–Crippen MR) is 184 cm³/mol. The van der Waals surface area contributed by atoms with E-state index >= 15 is 4.39 Å². The molecule has 0 bridgehead atoms. The number of fused-ring (bicyclic) bond motifs is 3. The average molecular weight is 665 g/mol. The van der Waals surface area contributed by atoms with Gasteiger partial charge in [0.2, 0.25) is 5.91 Å². The Balaban J connectivity index is 1.48. The van der Waals surface area contributed by atoms with Crippen LogP contribution in [0, 0.1) is 11.6 Å². The maximum absolute atomic E-state index is 16.2. The highest BCUT2D eigenvalue weighted by Gasteiger charge is 2.28. The van der Waals surface area contributed by atoms with Crippen LogP contribution in [0.1, 0.15) is 5.69 Å². The Morgan fingerprint density at radius 1 is 1.15 bits per heavy atom. The fourth-order valence-electron chi connectivity index (χ4n) is 6.00. The first kappa shape index (κ1) is 30.9. The zero-order valence-corrected chi connectivity index (χ0v) is 27.0. The van der Waals surface area contributed by atoms with Gasteiger partial charge in [0.1, 0.15) is 35.4 Å². The summed E-state index contributed by atoms with van der Waals surface area (Å²) in [6, 6.07) is 11.7. The van der Waals surface area contributed by atoms with Gasteiger partial charge in [-0.25, -0.2) is 18.7 Å². The number of hydrogen-bond acceptors (Lipinski definition) is 8. The SMILES string of the molecule is C=CC(=O)N1CCn2nc(-c3nc(-c4ccc5c(c4)ncn5C)c4ccsc4c3-c3c(F)cc(F)cc3OCC(/C=C\N)=NC)cc2C1. The Hall–Kier alpha value is -5.69. The zero-order chi connectivity index (χ0) is 33.5. The maximum Gasteiger partial charge on any atom is 0.246 e. The fraction of sp³-hybridized carbons (Fsp3) is 0.171. The molecule has 0 unspecified atom stereocenters. The highest BCUT2D eigenvalue weighted by Crippen LogP contribution is 2.47. The van der Waals surface area contributed by atoms with E-state index < -0.39 is 11.6 Å². The molecule has 5 heterocycles. The van der Waals surface area contributed by atoms with Gasteiger partial charge in [0.05, 0.1) is 53.1 Å². The molecule has 1 aliphatic heterocycles. The van der Waals surface area contributed by atoms with Gasteiger partial charge in [-0.15, -0.1) is 11.3 Å². The number of nitrogens with two attached hydrogens (primary N) is 1. The van der Waals surface area contributed by atoms with Crippen LogP contribution in [0.4, 0.5) is 8.78 Å². The summed E-state index contributed by atoms with van der Waals surface area (Å²) < 4.78 is 41.5. The Kier molecular flexibility index (Phi) is 8.05. The quantitative estimate of drug-likeness (QED) is 0.155. The van der Waals surface area contributed by atoms with Crippen molar-refractivity contribution in [1.29, 1.82) is 0 Å². The van der Waals surface area contributed by atoms with Crippen molar-refractivity contribution in [3.63, 3.8) is 0 Å². The van der Waals surface area contributed by atoms with Crippen LogP contribution >= 0.6 is 11.3 Å². The van der Waals surface area contributed by atoms with Crippen LogP contribution in [0.3, 0.4) is 0 Å². The molecule has 1 amide bonds. The van der Waals surface area contributed by atoms with Crippen molar-refractivity contribution in [1.82, 2.24) is 29.2 Å². The summed E-state index contributed by atoms with van der Waals surface area (Å²) in [7, 11) is 3.51. The number of carbonyl (C=O) groups is 1. The van der Waals surface area contributed by atoms with Gasteiger partial charge in [-0.1, -0.05) is 12.6 Å². The highest BCUT2D eigenvalue weighted by molar-refractivity contribution is 7.18. The largest absolute Gasteiger partial charge is 0.486 e. The van der Waals surface area contributed by atoms with E-state index in [1.807, 2.05) is 52.0 Å². The lowest BCUT2D eigenvalue weighted by atomic mass is 9.96. The van der Waals surface area contributed by atoms with E-state index in [1.165, 1.54) is 23.6 Å². The molecule has 0 atom stereocenters. The minimum Gasteiger partial charge on any atom is -0.486 e. The van der Waals surface area contributed by atoms with E-state index in [2.05, 4.69) is 16.6 Å². The molecule has 0 aliphatic carbocycles. The number of benzene rings is 2. The van der Waals surface area contributed by atoms with Gasteiger partial charge in [-0.3, -0.25) is 14.5 Å². The first-order valence-corrected chi connectivity index (χ1v) is 15.9. The number of aromatic nitrogens is 5. The molecule has 0 radical (unpaired) electrons. The number of rotatable bonds is 8. The Bertz CT molecular complexity index is 2300. The monoisotopic (exact) mass is 664 g/mol. The number of hydrogen-bond donors (Lipinski definition) is 1. The number of aliphatic imine (C=N–C) groups is 1. The van der Waals surface area contributed by atoms with E-state index in [0.717, 1.165) is 39.8 Å². The van der Waals surface area contributed by atoms with E-state index in [0.29, 0.717) is 52.7 Å². The first-order valence-electron chi connectivity index (χ1n) is 15.1. The van der Waals surface area contributed by atoms with Crippen LogP contribution in [0.25, 0.3) is 54.9 Å². The lowest BCUT2D eigenvalue weighted by Crippen LogP contribution is -2.37. The summed E-state index contributed by atoms with van der Waals surface area (Å²) in [5, 5.41) is 7.58. The number of aryl methyl sites for hydroxylation is 1. The van der Waals surface area contributed by atoms with Gasteiger partial charge in [0.15, 0.2) is 0 Å². The molecule has 7 rings (SSSR count). The summed E-state index contributed by atoms with van der Waals surface area (Å²) in [6.07, 6.45) is 5.92. The number of pyridine rings is 1. The zero-order valence-electron chi connectivity index (χ0n) is 26.2. The third-order valence-corrected chi connectivity index (χ3v) is 9.29. The van der Waals surface area contributed by atoms with Crippen molar-refractivity contribution in [2.45, 2.75) is 13.1 Å². The van der Waals surface area contributed by atoms with Crippen molar-refractivity contribution in [2.75, 3.05) is 20.2 Å². The topological polar surface area (TPSA) is 116 Å². The standard InChI is InChI=1S/C35H30F2N8O2S/c1-4-30(46)44-10-11-45-23(17-44)16-27(42-45)34-32(31-25(37)14-21(36)15-29(31)47-18-22(39-2)7-9-38)35-24(8-12-48-35)33(41-34)20-5-6-28-26(13-20)40-19-43(28)3/h4-9,12-16,19H,1,10-11,17-18,38H2,2-3H3/b9-7-,39-22?. The van der Waals surface area contributed by atoms with Gasteiger partial charge in [-0.2, -0.15) is 5.10 Å². The third-order valence-electron chi connectivity index (χ3n) is 8.35.